The van der Waals surface area contributed by atoms with E-state index in [0.29, 0.717) is 0 Å². The lowest BCUT2D eigenvalue weighted by Crippen LogP contribution is -2.44. The van der Waals surface area contributed by atoms with Gasteiger partial charge in [0.25, 0.3) is 0 Å². The summed E-state index contributed by atoms with van der Waals surface area (Å²) in [6, 6.07) is 0. The van der Waals surface area contributed by atoms with E-state index in [0.717, 1.165) is 0 Å². The Morgan fingerprint density at radius 3 is 1.35 bits per heavy atom. The quantitative estimate of drug-likeness (QED) is 0.746. The topological polar surface area (TPSA) is 90.2 Å². The number of sulfone groups is 2. The van der Waals surface area contributed by atoms with Crippen LogP contribution in [0, 0.1) is 0 Å². The van der Waals surface area contributed by atoms with Crippen molar-refractivity contribution in [2.75, 3.05) is 24.6 Å². The van der Waals surface area contributed by atoms with E-state index < -0.39 is 23.8 Å². The minimum atomic E-state index is -3.57. The number of nitrogens with one attached hydrogen (secondary N) is 1. The van der Waals surface area contributed by atoms with Gasteiger partial charge in [0.05, 0.1) is 0 Å². The Morgan fingerprint density at radius 1 is 0.941 bits per heavy atom. The first-order valence-electron chi connectivity index (χ1n) is 5.83. The first-order valence-corrected chi connectivity index (χ1v) is 9.14. The van der Waals surface area contributed by atoms with Crippen molar-refractivity contribution in [3.05, 3.63) is 0 Å². The SMILES string of the molecule is C1CN1.CCC(C)(S(=O)(=O)CC)S(=O)(=O)CC. The molecule has 0 bridgehead atoms. The molecule has 17 heavy (non-hydrogen) atoms. The summed E-state index contributed by atoms with van der Waals surface area (Å²) in [6.45, 7) is 8.31. The third-order valence-corrected chi connectivity index (χ3v) is 9.22. The van der Waals surface area contributed by atoms with Crippen LogP contribution < -0.4 is 5.32 Å². The van der Waals surface area contributed by atoms with Crippen LogP contribution in [-0.4, -0.2) is 45.5 Å². The van der Waals surface area contributed by atoms with Crippen molar-refractivity contribution in [3.8, 4) is 0 Å². The highest BCUT2D eigenvalue weighted by atomic mass is 32.3. The molecule has 1 N–H and O–H groups in total. The van der Waals surface area contributed by atoms with Gasteiger partial charge in [-0.1, -0.05) is 20.8 Å². The molecule has 0 spiro atoms. The maximum atomic E-state index is 11.7. The van der Waals surface area contributed by atoms with Crippen molar-refractivity contribution in [2.45, 2.75) is 38.2 Å². The van der Waals surface area contributed by atoms with Crippen LogP contribution in [0.3, 0.4) is 0 Å². The van der Waals surface area contributed by atoms with Crippen LogP contribution in [0.1, 0.15) is 34.1 Å². The fourth-order valence-electron chi connectivity index (χ4n) is 1.24. The fraction of sp³-hybridized carbons (Fsp3) is 1.00. The first kappa shape index (κ1) is 16.9. The number of hydrogen-bond acceptors (Lipinski definition) is 5. The van der Waals surface area contributed by atoms with Gasteiger partial charge >= 0.3 is 0 Å². The minimum Gasteiger partial charge on any atom is -0.314 e. The molecule has 1 aliphatic rings. The lowest BCUT2D eigenvalue weighted by atomic mass is 10.4. The predicted octanol–water partition coefficient (Wildman–Crippen LogP) is 0.572. The van der Waals surface area contributed by atoms with Crippen molar-refractivity contribution < 1.29 is 16.8 Å². The van der Waals surface area contributed by atoms with Crippen molar-refractivity contribution in [2.24, 2.45) is 0 Å². The summed E-state index contributed by atoms with van der Waals surface area (Å²) in [5.41, 5.74) is 0. The zero-order valence-corrected chi connectivity index (χ0v) is 12.6. The average Bonchev–Trinajstić information content (AvgIpc) is 3.14. The van der Waals surface area contributed by atoms with Crippen LogP contribution in [0.4, 0.5) is 0 Å². The standard InChI is InChI=1S/C8H18O4S2.C2H5N/c1-5-8(4,13(9,10)6-2)14(11,12)7-3;1-2-3-1/h5-7H2,1-4H3;3H,1-2H2. The molecule has 0 aromatic carbocycles. The highest BCUT2D eigenvalue weighted by Gasteiger charge is 2.47. The lowest BCUT2D eigenvalue weighted by molar-refractivity contribution is 0.543. The van der Waals surface area contributed by atoms with Gasteiger partial charge in [0.1, 0.15) is 0 Å². The second kappa shape index (κ2) is 6.15. The molecule has 7 heteroatoms. The second-order valence-corrected chi connectivity index (χ2v) is 9.72. The van der Waals surface area contributed by atoms with E-state index in [4.69, 9.17) is 0 Å². The monoisotopic (exact) mass is 285 g/mol. The molecule has 0 aromatic rings. The van der Waals surface area contributed by atoms with Gasteiger partial charge in [-0.05, 0) is 13.3 Å². The van der Waals surface area contributed by atoms with Crippen LogP contribution >= 0.6 is 0 Å². The third kappa shape index (κ3) is 3.93. The Hall–Kier alpha value is -0.140. The zero-order valence-electron chi connectivity index (χ0n) is 11.0. The molecule has 0 radical (unpaired) electrons. The molecule has 104 valence electrons. The van der Waals surface area contributed by atoms with Crippen LogP contribution in [0.25, 0.3) is 0 Å². The molecule has 1 aliphatic heterocycles. The molecular weight excluding hydrogens is 262 g/mol. The third-order valence-electron chi connectivity index (χ3n) is 2.97. The van der Waals surface area contributed by atoms with Gasteiger partial charge in [0.15, 0.2) is 23.8 Å². The zero-order chi connectivity index (χ0) is 13.7. The Kier molecular flexibility index (Phi) is 6.10. The van der Waals surface area contributed by atoms with Gasteiger partial charge in [-0.25, -0.2) is 16.8 Å². The summed E-state index contributed by atoms with van der Waals surface area (Å²) >= 11 is 0. The van der Waals surface area contributed by atoms with Gasteiger partial charge in [0.2, 0.25) is 0 Å². The average molecular weight is 285 g/mol. The molecule has 0 saturated carbocycles. The smallest absolute Gasteiger partial charge is 0.170 e. The molecule has 1 saturated heterocycles. The second-order valence-electron chi connectivity index (χ2n) is 4.04. The normalized spacial score (nSPS) is 16.0. The maximum Gasteiger partial charge on any atom is 0.170 e. The largest absolute Gasteiger partial charge is 0.314 e. The Labute approximate surface area is 105 Å². The van der Waals surface area contributed by atoms with Crippen LogP contribution in [0.15, 0.2) is 0 Å². The predicted molar refractivity (Wildman–Crippen MR) is 70.5 cm³/mol. The summed E-state index contributed by atoms with van der Waals surface area (Å²) in [7, 11) is -7.14. The van der Waals surface area contributed by atoms with Crippen LogP contribution in [-0.2, 0) is 19.7 Å². The first-order chi connectivity index (χ1) is 7.68. The molecule has 1 heterocycles. The lowest BCUT2D eigenvalue weighted by Gasteiger charge is -2.26. The molecule has 0 atom stereocenters. The van der Waals surface area contributed by atoms with Gasteiger partial charge in [-0.2, -0.15) is 0 Å². The molecule has 0 amide bonds. The molecule has 0 aromatic heterocycles. The van der Waals surface area contributed by atoms with Gasteiger partial charge in [0, 0.05) is 24.6 Å². The summed E-state index contributed by atoms with van der Waals surface area (Å²) in [4.78, 5) is 0. The van der Waals surface area contributed by atoms with E-state index in [9.17, 15) is 16.8 Å². The van der Waals surface area contributed by atoms with Crippen molar-refractivity contribution >= 4 is 19.7 Å². The molecular formula is C10H23NO4S2. The van der Waals surface area contributed by atoms with Crippen LogP contribution in [0.5, 0.6) is 0 Å². The number of rotatable bonds is 5. The highest BCUT2D eigenvalue weighted by molar-refractivity contribution is 8.10. The van der Waals surface area contributed by atoms with Gasteiger partial charge in [-0.3, -0.25) is 0 Å². The summed E-state index contributed by atoms with van der Waals surface area (Å²) in [6.07, 6.45) is 0.0966. The van der Waals surface area contributed by atoms with E-state index in [1.807, 2.05) is 0 Å². The van der Waals surface area contributed by atoms with Gasteiger partial charge < -0.3 is 5.32 Å². The summed E-state index contributed by atoms with van der Waals surface area (Å²) < 4.78 is 45.1. The molecule has 1 rings (SSSR count). The Balaban J connectivity index is 0.000000728. The van der Waals surface area contributed by atoms with E-state index in [1.54, 1.807) is 6.92 Å². The molecule has 1 fully saturated rings. The van der Waals surface area contributed by atoms with E-state index in [-0.39, 0.29) is 17.9 Å². The van der Waals surface area contributed by atoms with Crippen molar-refractivity contribution in [3.63, 3.8) is 0 Å². The highest BCUT2D eigenvalue weighted by Crippen LogP contribution is 2.29. The molecule has 0 aliphatic carbocycles. The number of hydrogen-bond donors (Lipinski definition) is 1. The van der Waals surface area contributed by atoms with E-state index in [2.05, 4.69) is 5.32 Å². The maximum absolute atomic E-state index is 11.7. The van der Waals surface area contributed by atoms with Crippen molar-refractivity contribution in [1.29, 1.82) is 0 Å². The Bertz CT molecular complexity index is 386. The summed E-state index contributed by atoms with van der Waals surface area (Å²) in [5, 5.41) is 3.00. The molecule has 5 nitrogen and oxygen atoms in total. The van der Waals surface area contributed by atoms with E-state index in [1.165, 1.54) is 33.9 Å². The van der Waals surface area contributed by atoms with Gasteiger partial charge in [-0.15, -0.1) is 0 Å². The van der Waals surface area contributed by atoms with Crippen molar-refractivity contribution in [1.82, 2.24) is 5.32 Å². The summed E-state index contributed by atoms with van der Waals surface area (Å²) in [5.74, 6) is -0.285. The van der Waals surface area contributed by atoms with E-state index >= 15 is 0 Å². The Morgan fingerprint density at radius 2 is 1.24 bits per heavy atom. The molecule has 0 unspecified atom stereocenters. The fourth-order valence-corrected chi connectivity index (χ4v) is 5.60. The van der Waals surface area contributed by atoms with Crippen LogP contribution in [0.2, 0.25) is 0 Å². The minimum absolute atomic E-state index is 0.0966.